The maximum absolute atomic E-state index is 12.6. The maximum atomic E-state index is 12.6. The minimum Gasteiger partial charge on any atom is -0.352 e. The summed E-state index contributed by atoms with van der Waals surface area (Å²) in [6, 6.07) is 18.3. The molecule has 5 heteroatoms. The van der Waals surface area contributed by atoms with Crippen molar-refractivity contribution in [3.63, 3.8) is 0 Å². The molecule has 1 fully saturated rings. The minimum absolute atomic E-state index is 0.0319. The lowest BCUT2D eigenvalue weighted by molar-refractivity contribution is -0.125. The van der Waals surface area contributed by atoms with E-state index in [0.717, 1.165) is 42.1 Å². The number of carbonyl (C=O) groups is 1. The molecule has 4 nitrogen and oxygen atoms in total. The van der Waals surface area contributed by atoms with Gasteiger partial charge < -0.3 is 10.2 Å². The van der Waals surface area contributed by atoms with Crippen molar-refractivity contribution in [2.75, 3.05) is 18.0 Å². The zero-order chi connectivity index (χ0) is 17.1. The van der Waals surface area contributed by atoms with Crippen LogP contribution in [0.2, 0.25) is 0 Å². The summed E-state index contributed by atoms with van der Waals surface area (Å²) in [5, 5.41) is 4.11. The molecule has 4 rings (SSSR count). The van der Waals surface area contributed by atoms with Crippen molar-refractivity contribution < 1.29 is 4.79 Å². The van der Waals surface area contributed by atoms with Gasteiger partial charge in [-0.3, -0.25) is 4.79 Å². The van der Waals surface area contributed by atoms with Gasteiger partial charge in [0.2, 0.25) is 5.91 Å². The highest BCUT2D eigenvalue weighted by Gasteiger charge is 2.27. The van der Waals surface area contributed by atoms with Crippen LogP contribution >= 0.6 is 11.3 Å². The maximum Gasteiger partial charge on any atom is 0.225 e. The summed E-state index contributed by atoms with van der Waals surface area (Å²) in [6.45, 7) is 2.32. The first kappa shape index (κ1) is 16.1. The summed E-state index contributed by atoms with van der Waals surface area (Å²) in [5.74, 6) is 0.180. The average Bonchev–Trinajstić information content (AvgIpc) is 3.11. The number of rotatable bonds is 4. The second kappa shape index (κ2) is 7.23. The fraction of sp³-hybridized carbons (Fsp3) is 0.300. The minimum atomic E-state index is 0.0319. The van der Waals surface area contributed by atoms with Gasteiger partial charge in [0.05, 0.1) is 16.1 Å². The highest BCUT2D eigenvalue weighted by atomic mass is 32.1. The first-order chi connectivity index (χ1) is 12.3. The van der Waals surface area contributed by atoms with Gasteiger partial charge >= 0.3 is 0 Å². The lowest BCUT2D eigenvalue weighted by Gasteiger charge is -2.31. The summed E-state index contributed by atoms with van der Waals surface area (Å²) in [5.41, 5.74) is 2.17. The molecule has 0 unspecified atom stereocenters. The number of anilines is 1. The number of para-hydroxylation sites is 1. The monoisotopic (exact) mass is 351 g/mol. The molecule has 0 spiro atoms. The van der Waals surface area contributed by atoms with Crippen LogP contribution in [0.5, 0.6) is 0 Å². The van der Waals surface area contributed by atoms with E-state index in [4.69, 9.17) is 4.98 Å². The number of aromatic nitrogens is 1. The van der Waals surface area contributed by atoms with Crippen molar-refractivity contribution in [1.29, 1.82) is 0 Å². The van der Waals surface area contributed by atoms with E-state index in [0.29, 0.717) is 6.54 Å². The Labute approximate surface area is 151 Å². The molecule has 1 aliphatic heterocycles. The second-order valence-electron chi connectivity index (χ2n) is 6.45. The highest BCUT2D eigenvalue weighted by molar-refractivity contribution is 7.22. The molecular weight excluding hydrogens is 330 g/mol. The molecule has 1 atom stereocenters. The summed E-state index contributed by atoms with van der Waals surface area (Å²) < 4.78 is 1.20. The lowest BCUT2D eigenvalue weighted by atomic mass is 9.97. The van der Waals surface area contributed by atoms with Gasteiger partial charge in [-0.05, 0) is 30.5 Å². The Balaban J connectivity index is 1.41. The summed E-state index contributed by atoms with van der Waals surface area (Å²) in [4.78, 5) is 19.6. The van der Waals surface area contributed by atoms with E-state index in [2.05, 4.69) is 16.3 Å². The molecule has 2 aromatic carbocycles. The molecule has 0 bridgehead atoms. The Morgan fingerprint density at radius 1 is 1.16 bits per heavy atom. The molecule has 1 aliphatic rings. The van der Waals surface area contributed by atoms with Gasteiger partial charge in [-0.2, -0.15) is 0 Å². The Morgan fingerprint density at radius 3 is 2.80 bits per heavy atom. The van der Waals surface area contributed by atoms with Crippen molar-refractivity contribution in [3.8, 4) is 0 Å². The van der Waals surface area contributed by atoms with Crippen LogP contribution in [0, 0.1) is 5.92 Å². The number of nitrogens with zero attached hydrogens (tertiary/aromatic N) is 2. The van der Waals surface area contributed by atoms with Crippen LogP contribution in [0.1, 0.15) is 18.4 Å². The molecule has 1 N–H and O–H groups in total. The van der Waals surface area contributed by atoms with E-state index in [1.807, 2.05) is 48.5 Å². The number of nitrogens with one attached hydrogen (secondary N) is 1. The van der Waals surface area contributed by atoms with Crippen LogP contribution < -0.4 is 10.2 Å². The summed E-state index contributed by atoms with van der Waals surface area (Å²) in [7, 11) is 0. The van der Waals surface area contributed by atoms with Gasteiger partial charge in [-0.1, -0.05) is 53.8 Å². The van der Waals surface area contributed by atoms with Crippen molar-refractivity contribution >= 4 is 32.6 Å². The second-order valence-corrected chi connectivity index (χ2v) is 7.46. The number of carbonyl (C=O) groups excluding carboxylic acids is 1. The van der Waals surface area contributed by atoms with Crippen LogP contribution in [0.3, 0.4) is 0 Å². The SMILES string of the molecule is O=C(NCc1ccccc1)[C@@H]1CCCN(c2nc3ccccc3s2)C1. The average molecular weight is 351 g/mol. The molecule has 128 valence electrons. The first-order valence-corrected chi connectivity index (χ1v) is 9.53. The number of hydrogen-bond donors (Lipinski definition) is 1. The first-order valence-electron chi connectivity index (χ1n) is 8.72. The van der Waals surface area contributed by atoms with Crippen LogP contribution in [0.4, 0.5) is 5.13 Å². The van der Waals surface area contributed by atoms with Gasteiger partial charge in [0.15, 0.2) is 5.13 Å². The van der Waals surface area contributed by atoms with Crippen molar-refractivity contribution in [3.05, 3.63) is 60.2 Å². The Kier molecular flexibility index (Phi) is 4.65. The van der Waals surface area contributed by atoms with E-state index in [1.165, 1.54) is 4.70 Å². The van der Waals surface area contributed by atoms with Crippen molar-refractivity contribution in [2.24, 2.45) is 5.92 Å². The molecule has 1 saturated heterocycles. The molecule has 0 saturated carbocycles. The Hall–Kier alpha value is -2.40. The van der Waals surface area contributed by atoms with E-state index >= 15 is 0 Å². The fourth-order valence-corrected chi connectivity index (χ4v) is 4.29. The van der Waals surface area contributed by atoms with Gasteiger partial charge in [-0.25, -0.2) is 4.98 Å². The fourth-order valence-electron chi connectivity index (χ4n) is 3.29. The molecule has 2 heterocycles. The number of fused-ring (bicyclic) bond motifs is 1. The smallest absolute Gasteiger partial charge is 0.225 e. The third kappa shape index (κ3) is 3.66. The lowest BCUT2D eigenvalue weighted by Crippen LogP contribution is -2.42. The molecular formula is C20H21N3OS. The van der Waals surface area contributed by atoms with Crippen LogP contribution in [-0.2, 0) is 11.3 Å². The summed E-state index contributed by atoms with van der Waals surface area (Å²) >= 11 is 1.71. The Bertz CT molecular complexity index is 829. The standard InChI is InChI=1S/C20H21N3OS/c24-19(21-13-15-7-2-1-3-8-15)16-9-6-12-23(14-16)20-22-17-10-4-5-11-18(17)25-20/h1-5,7-8,10-11,16H,6,9,12-14H2,(H,21,24)/t16-/m1/s1. The molecule has 1 aromatic heterocycles. The van der Waals surface area contributed by atoms with Gasteiger partial charge in [0, 0.05) is 19.6 Å². The molecule has 0 radical (unpaired) electrons. The number of thiazole rings is 1. The third-order valence-electron chi connectivity index (χ3n) is 4.65. The van der Waals surface area contributed by atoms with E-state index < -0.39 is 0 Å². The van der Waals surface area contributed by atoms with Crippen molar-refractivity contribution in [1.82, 2.24) is 10.3 Å². The largest absolute Gasteiger partial charge is 0.352 e. The van der Waals surface area contributed by atoms with Crippen LogP contribution in [0.15, 0.2) is 54.6 Å². The van der Waals surface area contributed by atoms with Gasteiger partial charge in [0.1, 0.15) is 0 Å². The van der Waals surface area contributed by atoms with E-state index in [-0.39, 0.29) is 11.8 Å². The van der Waals surface area contributed by atoms with E-state index in [1.54, 1.807) is 11.3 Å². The molecule has 3 aromatic rings. The molecule has 25 heavy (non-hydrogen) atoms. The molecule has 1 amide bonds. The topological polar surface area (TPSA) is 45.2 Å². The van der Waals surface area contributed by atoms with Crippen LogP contribution in [0.25, 0.3) is 10.2 Å². The number of hydrogen-bond acceptors (Lipinski definition) is 4. The zero-order valence-corrected chi connectivity index (χ0v) is 14.8. The normalized spacial score (nSPS) is 17.6. The third-order valence-corrected chi connectivity index (χ3v) is 5.75. The quantitative estimate of drug-likeness (QED) is 0.777. The Morgan fingerprint density at radius 2 is 1.96 bits per heavy atom. The van der Waals surface area contributed by atoms with Crippen LogP contribution in [-0.4, -0.2) is 24.0 Å². The zero-order valence-electron chi connectivity index (χ0n) is 14.0. The van der Waals surface area contributed by atoms with E-state index in [9.17, 15) is 4.79 Å². The number of benzene rings is 2. The van der Waals surface area contributed by atoms with Gasteiger partial charge in [-0.15, -0.1) is 0 Å². The predicted octanol–water partition coefficient (Wildman–Crippen LogP) is 3.83. The number of amides is 1. The van der Waals surface area contributed by atoms with Crippen molar-refractivity contribution in [2.45, 2.75) is 19.4 Å². The predicted molar refractivity (Wildman–Crippen MR) is 103 cm³/mol. The molecule has 0 aliphatic carbocycles. The van der Waals surface area contributed by atoms with Gasteiger partial charge in [0.25, 0.3) is 0 Å². The summed E-state index contributed by atoms with van der Waals surface area (Å²) in [6.07, 6.45) is 1.97. The number of piperidine rings is 1. The highest BCUT2D eigenvalue weighted by Crippen LogP contribution is 2.31.